The third-order valence-electron chi connectivity index (χ3n) is 2.05. The summed E-state index contributed by atoms with van der Waals surface area (Å²) in [7, 11) is 0. The Hall–Kier alpha value is -2.39. The van der Waals surface area contributed by atoms with Crippen molar-refractivity contribution in [1.82, 2.24) is 0 Å². The van der Waals surface area contributed by atoms with E-state index in [0.29, 0.717) is 25.8 Å². The van der Waals surface area contributed by atoms with E-state index >= 15 is 0 Å². The first-order valence-electron chi connectivity index (χ1n) is 5.57. The predicted octanol–water partition coefficient (Wildman–Crippen LogP) is 0.0759. The lowest BCUT2D eigenvalue weighted by Crippen LogP contribution is -2.22. The van der Waals surface area contributed by atoms with Crippen molar-refractivity contribution in [3.63, 3.8) is 0 Å². The van der Waals surface area contributed by atoms with Crippen molar-refractivity contribution in [1.29, 1.82) is 0 Å². The van der Waals surface area contributed by atoms with Crippen molar-refractivity contribution in [2.45, 2.75) is 25.3 Å². The van der Waals surface area contributed by atoms with E-state index in [4.69, 9.17) is 4.74 Å². The topological polar surface area (TPSA) is 115 Å². The summed E-state index contributed by atoms with van der Waals surface area (Å²) in [4.78, 5) is 51.2. The molecule has 0 rings (SSSR count). The number of nitrogens with zero attached hydrogens (tertiary/aromatic N) is 3. The number of aliphatic imine (C=N–C) groups is 3. The molecule has 8 heteroatoms. The van der Waals surface area contributed by atoms with Gasteiger partial charge in [0.05, 0.1) is 13.1 Å². The first-order valence-corrected chi connectivity index (χ1v) is 5.57. The molecule has 0 heterocycles. The number of hydrogen-bond acceptors (Lipinski definition) is 8. The largest absolute Gasteiger partial charge is 0.462 e. The summed E-state index contributed by atoms with van der Waals surface area (Å²) in [5.41, 5.74) is 0. The smallest absolute Gasteiger partial charge is 0.331 e. The molecule has 0 aromatic heterocycles. The zero-order valence-electron chi connectivity index (χ0n) is 10.2. The predicted molar refractivity (Wildman–Crippen MR) is 62.7 cm³/mol. The number of isocyanates is 3. The van der Waals surface area contributed by atoms with Gasteiger partial charge in [-0.15, -0.1) is 0 Å². The number of unbranched alkanes of at least 4 members (excludes halogenated alkanes) is 1. The minimum Gasteiger partial charge on any atom is -0.462 e. The summed E-state index contributed by atoms with van der Waals surface area (Å²) in [5.74, 6) is -0.677. The second kappa shape index (κ2) is 12.1. The monoisotopic (exact) mass is 267 g/mol. The van der Waals surface area contributed by atoms with E-state index in [-0.39, 0.29) is 13.2 Å². The summed E-state index contributed by atoms with van der Waals surface area (Å²) in [6, 6.07) is -0.932. The van der Waals surface area contributed by atoms with Gasteiger partial charge in [0.2, 0.25) is 18.2 Å². The van der Waals surface area contributed by atoms with E-state index in [9.17, 15) is 19.2 Å². The molecular weight excluding hydrogens is 254 g/mol. The van der Waals surface area contributed by atoms with E-state index < -0.39 is 12.0 Å². The van der Waals surface area contributed by atoms with Crippen LogP contribution in [0.25, 0.3) is 0 Å². The van der Waals surface area contributed by atoms with Gasteiger partial charge in [0.15, 0.2) is 6.04 Å². The first kappa shape index (κ1) is 16.6. The van der Waals surface area contributed by atoms with Crippen LogP contribution in [-0.4, -0.2) is 49.9 Å². The van der Waals surface area contributed by atoms with Gasteiger partial charge in [0.1, 0.15) is 6.61 Å². The van der Waals surface area contributed by atoms with E-state index in [1.54, 1.807) is 0 Å². The molecule has 0 amide bonds. The van der Waals surface area contributed by atoms with Crippen LogP contribution < -0.4 is 0 Å². The lowest BCUT2D eigenvalue weighted by atomic mass is 10.1. The van der Waals surface area contributed by atoms with Gasteiger partial charge in [-0.25, -0.2) is 29.2 Å². The quantitative estimate of drug-likeness (QED) is 0.240. The average Bonchev–Trinajstić information content (AvgIpc) is 2.42. The molecular formula is C11H13N3O5. The van der Waals surface area contributed by atoms with Crippen molar-refractivity contribution >= 4 is 24.2 Å². The highest BCUT2D eigenvalue weighted by atomic mass is 16.5. The van der Waals surface area contributed by atoms with Gasteiger partial charge in [-0.1, -0.05) is 0 Å². The first-order chi connectivity index (χ1) is 9.26. The zero-order valence-corrected chi connectivity index (χ0v) is 10.2. The van der Waals surface area contributed by atoms with Crippen molar-refractivity contribution in [3.05, 3.63) is 0 Å². The Labute approximate surface area is 109 Å². The molecule has 102 valence electrons. The lowest BCUT2D eigenvalue weighted by molar-refractivity contribution is -0.145. The second-order valence-corrected chi connectivity index (χ2v) is 3.35. The SMILES string of the molecule is O=C=NCCCC[C@@H](N=C=O)C(=O)OCCN=C=O. The van der Waals surface area contributed by atoms with Gasteiger partial charge in [0.25, 0.3) is 0 Å². The van der Waals surface area contributed by atoms with E-state index in [1.807, 2.05) is 0 Å². The maximum Gasteiger partial charge on any atom is 0.331 e. The maximum absolute atomic E-state index is 11.5. The Balaban J connectivity index is 4.07. The lowest BCUT2D eigenvalue weighted by Gasteiger charge is -2.09. The third kappa shape index (κ3) is 9.32. The van der Waals surface area contributed by atoms with E-state index in [0.717, 1.165) is 0 Å². The average molecular weight is 267 g/mol. The Morgan fingerprint density at radius 3 is 2.32 bits per heavy atom. The number of carbonyl (C=O) groups excluding carboxylic acids is 4. The molecule has 0 spiro atoms. The molecule has 0 aliphatic heterocycles. The Morgan fingerprint density at radius 1 is 1.00 bits per heavy atom. The minimum atomic E-state index is -0.932. The summed E-state index contributed by atoms with van der Waals surface area (Å²) in [6.45, 7) is 0.249. The number of hydrogen-bond donors (Lipinski definition) is 0. The van der Waals surface area contributed by atoms with Crippen LogP contribution >= 0.6 is 0 Å². The van der Waals surface area contributed by atoms with Crippen molar-refractivity contribution in [2.24, 2.45) is 15.0 Å². The van der Waals surface area contributed by atoms with Crippen LogP contribution in [-0.2, 0) is 23.9 Å². The minimum absolute atomic E-state index is 0.0147. The fourth-order valence-corrected chi connectivity index (χ4v) is 1.21. The summed E-state index contributed by atoms with van der Waals surface area (Å²) >= 11 is 0. The molecule has 0 radical (unpaired) electrons. The highest BCUT2D eigenvalue weighted by molar-refractivity contribution is 5.76. The van der Waals surface area contributed by atoms with Gasteiger partial charge < -0.3 is 4.74 Å². The highest BCUT2D eigenvalue weighted by Gasteiger charge is 2.18. The molecule has 0 aliphatic rings. The summed E-state index contributed by atoms with van der Waals surface area (Å²) < 4.78 is 4.77. The molecule has 19 heavy (non-hydrogen) atoms. The molecule has 0 saturated heterocycles. The number of rotatable bonds is 10. The molecule has 0 bridgehead atoms. The van der Waals surface area contributed by atoms with Gasteiger partial charge in [-0.3, -0.25) is 0 Å². The van der Waals surface area contributed by atoms with Gasteiger partial charge in [-0.2, -0.15) is 4.99 Å². The normalized spacial score (nSPS) is 10.3. The van der Waals surface area contributed by atoms with Crippen LogP contribution in [0.3, 0.4) is 0 Å². The maximum atomic E-state index is 11.5. The molecule has 0 aliphatic carbocycles. The standard InChI is InChI=1S/C11H13N3O5/c15-7-12-4-2-1-3-10(14-9-17)11(18)19-6-5-13-8-16/h10H,1-6H2/t10-/m1/s1. The Kier molecular flexibility index (Phi) is 10.6. The molecule has 0 fully saturated rings. The van der Waals surface area contributed by atoms with Gasteiger partial charge >= 0.3 is 5.97 Å². The molecule has 0 saturated carbocycles. The van der Waals surface area contributed by atoms with Gasteiger partial charge in [0, 0.05) is 0 Å². The molecule has 8 nitrogen and oxygen atoms in total. The Bertz CT molecular complexity index is 418. The molecule has 0 unspecified atom stereocenters. The summed E-state index contributed by atoms with van der Waals surface area (Å²) in [5, 5.41) is 0. The van der Waals surface area contributed by atoms with Gasteiger partial charge in [-0.05, 0) is 19.3 Å². The summed E-state index contributed by atoms with van der Waals surface area (Å²) in [6.07, 6.45) is 5.42. The van der Waals surface area contributed by atoms with Crippen LogP contribution in [0.1, 0.15) is 19.3 Å². The highest BCUT2D eigenvalue weighted by Crippen LogP contribution is 2.06. The molecule has 0 aromatic rings. The zero-order chi connectivity index (χ0) is 14.3. The number of ether oxygens (including phenoxy) is 1. The fourth-order valence-electron chi connectivity index (χ4n) is 1.21. The molecule has 0 N–H and O–H groups in total. The van der Waals surface area contributed by atoms with Crippen molar-refractivity contribution in [2.75, 3.05) is 19.7 Å². The second-order valence-electron chi connectivity index (χ2n) is 3.35. The third-order valence-corrected chi connectivity index (χ3v) is 2.05. The van der Waals surface area contributed by atoms with Crippen LogP contribution in [0.4, 0.5) is 0 Å². The number of esters is 1. The molecule has 1 atom stereocenters. The van der Waals surface area contributed by atoms with Crippen LogP contribution in [0.5, 0.6) is 0 Å². The fraction of sp³-hybridized carbons (Fsp3) is 0.636. The van der Waals surface area contributed by atoms with E-state index in [1.165, 1.54) is 18.2 Å². The van der Waals surface area contributed by atoms with Crippen molar-refractivity contribution in [3.8, 4) is 0 Å². The number of carbonyl (C=O) groups is 1. The van der Waals surface area contributed by atoms with Crippen LogP contribution in [0.2, 0.25) is 0 Å². The van der Waals surface area contributed by atoms with Crippen molar-refractivity contribution < 1.29 is 23.9 Å². The molecule has 0 aromatic carbocycles. The van der Waals surface area contributed by atoms with Crippen LogP contribution in [0.15, 0.2) is 15.0 Å². The van der Waals surface area contributed by atoms with E-state index in [2.05, 4.69) is 15.0 Å². The Morgan fingerprint density at radius 2 is 1.68 bits per heavy atom. The van der Waals surface area contributed by atoms with Crippen LogP contribution in [0, 0.1) is 0 Å².